The first-order valence-corrected chi connectivity index (χ1v) is 8.80. The van der Waals surface area contributed by atoms with Gasteiger partial charge in [-0.25, -0.2) is 4.68 Å². The van der Waals surface area contributed by atoms with Gasteiger partial charge in [-0.2, -0.15) is 16.9 Å². The van der Waals surface area contributed by atoms with Crippen LogP contribution >= 0.6 is 23.4 Å². The second-order valence-electron chi connectivity index (χ2n) is 4.65. The van der Waals surface area contributed by atoms with Crippen molar-refractivity contribution in [2.24, 2.45) is 0 Å². The summed E-state index contributed by atoms with van der Waals surface area (Å²) in [6.07, 6.45) is 5.40. The molecule has 0 aliphatic carbocycles. The molecule has 0 N–H and O–H groups in total. The average molecular weight is 357 g/mol. The highest BCUT2D eigenvalue weighted by atomic mass is 35.5. The number of aromatic nitrogens is 3. The van der Waals surface area contributed by atoms with E-state index in [9.17, 15) is 9.18 Å². The van der Waals surface area contributed by atoms with Gasteiger partial charge in [0.25, 0.3) is 0 Å². The number of anilines is 1. The normalized spacial score (nSPS) is 10.7. The maximum atomic E-state index is 12.3. The van der Waals surface area contributed by atoms with Gasteiger partial charge in [-0.3, -0.25) is 14.2 Å². The number of nitrogens with zero attached hydrogens (tertiary/aromatic N) is 4. The van der Waals surface area contributed by atoms with Crippen molar-refractivity contribution in [3.63, 3.8) is 0 Å². The van der Waals surface area contributed by atoms with Crippen molar-refractivity contribution in [3.8, 4) is 5.69 Å². The Kier molecular flexibility index (Phi) is 6.85. The van der Waals surface area contributed by atoms with Crippen molar-refractivity contribution < 1.29 is 9.18 Å². The lowest BCUT2D eigenvalue weighted by molar-refractivity contribution is -0.118. The molecule has 2 heterocycles. The molecule has 124 valence electrons. The molecule has 0 fully saturated rings. The number of carbonyl (C=O) groups excluding carboxylic acids is 1. The summed E-state index contributed by atoms with van der Waals surface area (Å²) < 4.78 is 13.7. The molecule has 2 aromatic rings. The smallest absolute Gasteiger partial charge is 0.227 e. The Morgan fingerprint density at radius 1 is 1.48 bits per heavy atom. The molecule has 1 amide bonds. The largest absolute Gasteiger partial charge is 0.308 e. The lowest BCUT2D eigenvalue weighted by Crippen LogP contribution is -2.30. The summed E-state index contributed by atoms with van der Waals surface area (Å²) in [5, 5.41) is 4.50. The third kappa shape index (κ3) is 4.68. The molecular weight excluding hydrogens is 339 g/mol. The van der Waals surface area contributed by atoms with E-state index in [0.717, 1.165) is 5.69 Å². The fourth-order valence-corrected chi connectivity index (χ4v) is 2.94. The summed E-state index contributed by atoms with van der Waals surface area (Å²) in [4.78, 5) is 18.0. The zero-order chi connectivity index (χ0) is 16.7. The van der Waals surface area contributed by atoms with Crippen molar-refractivity contribution >= 4 is 35.0 Å². The summed E-state index contributed by atoms with van der Waals surface area (Å²) >= 11 is 7.62. The first-order chi connectivity index (χ1) is 11.2. The third-order valence-electron chi connectivity index (χ3n) is 3.15. The minimum Gasteiger partial charge on any atom is -0.308 e. The van der Waals surface area contributed by atoms with Crippen molar-refractivity contribution in [1.82, 2.24) is 14.8 Å². The van der Waals surface area contributed by atoms with E-state index in [1.165, 1.54) is 11.8 Å². The van der Waals surface area contributed by atoms with E-state index in [1.54, 1.807) is 34.2 Å². The molecular formula is C15H18ClFN4OS. The third-order valence-corrected chi connectivity index (χ3v) is 4.36. The van der Waals surface area contributed by atoms with Crippen molar-refractivity contribution in [2.75, 3.05) is 29.6 Å². The van der Waals surface area contributed by atoms with E-state index in [0.29, 0.717) is 30.2 Å². The summed E-state index contributed by atoms with van der Waals surface area (Å²) in [5.74, 6) is 0.957. The highest BCUT2D eigenvalue weighted by molar-refractivity contribution is 7.99. The molecule has 0 unspecified atom stereocenters. The summed E-state index contributed by atoms with van der Waals surface area (Å²) in [7, 11) is 0. The van der Waals surface area contributed by atoms with Crippen LogP contribution in [0.5, 0.6) is 0 Å². The zero-order valence-corrected chi connectivity index (χ0v) is 14.4. The van der Waals surface area contributed by atoms with Crippen LogP contribution in [0, 0.1) is 0 Å². The van der Waals surface area contributed by atoms with Gasteiger partial charge in [0.15, 0.2) is 5.15 Å². The Balaban J connectivity index is 2.12. The van der Waals surface area contributed by atoms with Crippen LogP contribution in [0.2, 0.25) is 5.15 Å². The quantitative estimate of drug-likeness (QED) is 0.680. The highest BCUT2D eigenvalue weighted by Gasteiger charge is 2.19. The molecule has 0 aliphatic heterocycles. The van der Waals surface area contributed by atoms with Crippen LogP contribution in [-0.4, -0.2) is 45.4 Å². The van der Waals surface area contributed by atoms with Crippen LogP contribution in [0.3, 0.4) is 0 Å². The lowest BCUT2D eigenvalue weighted by atomic mass is 10.3. The fourth-order valence-electron chi connectivity index (χ4n) is 2.08. The Morgan fingerprint density at radius 3 is 2.96 bits per heavy atom. The molecule has 0 bridgehead atoms. The number of rotatable bonds is 8. The molecule has 0 atom stereocenters. The molecule has 5 nitrogen and oxygen atoms in total. The Hall–Kier alpha value is -1.60. The van der Waals surface area contributed by atoms with Crippen LogP contribution in [0.25, 0.3) is 5.69 Å². The van der Waals surface area contributed by atoms with Crippen LogP contribution in [0.4, 0.5) is 10.1 Å². The topological polar surface area (TPSA) is 51.0 Å². The minimum absolute atomic E-state index is 0.0495. The number of hydrogen-bond donors (Lipinski definition) is 0. The highest BCUT2D eigenvalue weighted by Crippen LogP contribution is 2.26. The predicted octanol–water partition coefficient (Wildman–Crippen LogP) is 3.37. The van der Waals surface area contributed by atoms with E-state index < -0.39 is 0 Å². The second kappa shape index (κ2) is 8.88. The summed E-state index contributed by atoms with van der Waals surface area (Å²) in [5.41, 5.74) is 1.33. The van der Waals surface area contributed by atoms with Crippen LogP contribution in [-0.2, 0) is 4.79 Å². The van der Waals surface area contributed by atoms with Gasteiger partial charge < -0.3 is 4.90 Å². The molecule has 0 saturated carbocycles. The number of carbonyl (C=O) groups is 1. The predicted molar refractivity (Wildman–Crippen MR) is 92.3 cm³/mol. The average Bonchev–Trinajstić information content (AvgIpc) is 2.95. The molecule has 8 heteroatoms. The van der Waals surface area contributed by atoms with Gasteiger partial charge in [0.05, 0.1) is 24.8 Å². The van der Waals surface area contributed by atoms with Gasteiger partial charge >= 0.3 is 0 Å². The molecule has 0 aromatic carbocycles. The Morgan fingerprint density at radius 2 is 2.30 bits per heavy atom. The number of thioether (sulfide) groups is 1. The Labute approximate surface area is 143 Å². The number of amides is 1. The molecule has 2 rings (SSSR count). The first kappa shape index (κ1) is 17.7. The monoisotopic (exact) mass is 356 g/mol. The SMILES string of the molecule is CCN(C(=O)CCSCCF)c1cn(-c2cccnc2)nc1Cl. The Bertz CT molecular complexity index is 638. The van der Waals surface area contributed by atoms with Crippen LogP contribution in [0.15, 0.2) is 30.7 Å². The van der Waals surface area contributed by atoms with E-state index in [4.69, 9.17) is 11.6 Å². The van der Waals surface area contributed by atoms with Gasteiger partial charge in [-0.1, -0.05) is 11.6 Å². The fraction of sp³-hybridized carbons (Fsp3) is 0.400. The van der Waals surface area contributed by atoms with Gasteiger partial charge in [0.1, 0.15) is 5.69 Å². The molecule has 23 heavy (non-hydrogen) atoms. The number of alkyl halides is 1. The van der Waals surface area contributed by atoms with Crippen molar-refractivity contribution in [1.29, 1.82) is 0 Å². The molecule has 0 radical (unpaired) electrons. The summed E-state index contributed by atoms with van der Waals surface area (Å²) in [6, 6.07) is 3.65. The minimum atomic E-state index is -0.375. The molecule has 0 spiro atoms. The summed E-state index contributed by atoms with van der Waals surface area (Å²) in [6.45, 7) is 2.00. The number of pyridine rings is 1. The second-order valence-corrected chi connectivity index (χ2v) is 6.23. The molecule has 2 aromatic heterocycles. The van der Waals surface area contributed by atoms with Crippen LogP contribution in [0.1, 0.15) is 13.3 Å². The van der Waals surface area contributed by atoms with Crippen molar-refractivity contribution in [2.45, 2.75) is 13.3 Å². The standard InChI is InChI=1S/C15H18ClFN4OS/c1-2-20(14(22)5-8-23-9-6-17)13-11-21(19-15(13)16)12-4-3-7-18-10-12/h3-4,7,10-11H,2,5-6,8-9H2,1H3. The number of halogens is 2. The zero-order valence-electron chi connectivity index (χ0n) is 12.8. The van der Waals surface area contributed by atoms with Crippen molar-refractivity contribution in [3.05, 3.63) is 35.9 Å². The molecule has 0 saturated heterocycles. The van der Waals surface area contributed by atoms with E-state index >= 15 is 0 Å². The van der Waals surface area contributed by atoms with Gasteiger partial charge in [0, 0.05) is 30.7 Å². The van der Waals surface area contributed by atoms with E-state index in [-0.39, 0.29) is 17.7 Å². The van der Waals surface area contributed by atoms with Crippen LogP contribution < -0.4 is 4.90 Å². The maximum absolute atomic E-state index is 12.3. The van der Waals surface area contributed by atoms with Gasteiger partial charge in [-0.05, 0) is 19.1 Å². The number of hydrogen-bond acceptors (Lipinski definition) is 4. The molecule has 0 aliphatic rings. The lowest BCUT2D eigenvalue weighted by Gasteiger charge is -2.19. The van der Waals surface area contributed by atoms with E-state index in [1.807, 2.05) is 13.0 Å². The maximum Gasteiger partial charge on any atom is 0.227 e. The van der Waals surface area contributed by atoms with E-state index in [2.05, 4.69) is 10.1 Å². The van der Waals surface area contributed by atoms with Gasteiger partial charge in [-0.15, -0.1) is 0 Å². The first-order valence-electron chi connectivity index (χ1n) is 7.27. The van der Waals surface area contributed by atoms with Gasteiger partial charge in [0.2, 0.25) is 5.91 Å².